The van der Waals surface area contributed by atoms with Crippen LogP contribution in [-0.2, 0) is 6.42 Å². The van der Waals surface area contributed by atoms with Gasteiger partial charge in [-0.1, -0.05) is 47.2 Å². The third kappa shape index (κ3) is 2.84. The lowest BCUT2D eigenvalue weighted by Crippen LogP contribution is -1.97. The Bertz CT molecular complexity index is 590. The Hall–Kier alpha value is -0.520. The van der Waals surface area contributed by atoms with Crippen LogP contribution in [0.5, 0.6) is 0 Å². The van der Waals surface area contributed by atoms with Crippen LogP contribution in [0.3, 0.4) is 0 Å². The minimum atomic E-state index is 0.596. The van der Waals surface area contributed by atoms with Gasteiger partial charge in [0.1, 0.15) is 10.5 Å². The number of aryl methyl sites for hydroxylation is 1. The van der Waals surface area contributed by atoms with E-state index in [0.717, 1.165) is 32.4 Å². The number of halogens is 2. The summed E-state index contributed by atoms with van der Waals surface area (Å²) in [5, 5.41) is 0. The predicted molar refractivity (Wildman–Crippen MR) is 79.6 cm³/mol. The lowest BCUT2D eigenvalue weighted by Gasteiger charge is -2.07. The molecule has 2 nitrogen and oxygen atoms in total. The summed E-state index contributed by atoms with van der Waals surface area (Å²) in [6.07, 6.45) is 0.885. The van der Waals surface area contributed by atoms with Crippen LogP contribution >= 0.6 is 44.1 Å². The van der Waals surface area contributed by atoms with Crippen LogP contribution in [0.2, 0.25) is 0 Å². The fraction of sp³-hybridized carbons (Fsp3) is 0.167. The number of benzene rings is 1. The quantitative estimate of drug-likeness (QED) is 0.759. The highest BCUT2D eigenvalue weighted by atomic mass is 79.9. The SMILES string of the molecule is CCc1[nH]c(-c2ccc(Br)cc2)nc(=S)c1Br. The van der Waals surface area contributed by atoms with Crippen molar-refractivity contribution < 1.29 is 0 Å². The number of nitrogens with zero attached hydrogens (tertiary/aromatic N) is 1. The molecule has 0 fully saturated rings. The summed E-state index contributed by atoms with van der Waals surface area (Å²) in [7, 11) is 0. The van der Waals surface area contributed by atoms with Gasteiger partial charge in [-0.2, -0.15) is 0 Å². The van der Waals surface area contributed by atoms with E-state index in [1.807, 2.05) is 24.3 Å². The van der Waals surface area contributed by atoms with Crippen molar-refractivity contribution in [3.63, 3.8) is 0 Å². The highest BCUT2D eigenvalue weighted by molar-refractivity contribution is 9.10. The monoisotopic (exact) mass is 372 g/mol. The maximum absolute atomic E-state index is 5.23. The van der Waals surface area contributed by atoms with Gasteiger partial charge in [0, 0.05) is 15.7 Å². The van der Waals surface area contributed by atoms with E-state index in [9.17, 15) is 0 Å². The third-order valence-corrected chi connectivity index (χ3v) is 4.35. The second kappa shape index (κ2) is 5.42. The molecule has 0 radical (unpaired) electrons. The van der Waals surface area contributed by atoms with Gasteiger partial charge < -0.3 is 4.98 Å². The van der Waals surface area contributed by atoms with Crippen molar-refractivity contribution in [2.75, 3.05) is 0 Å². The number of H-pyrrole nitrogens is 1. The fourth-order valence-electron chi connectivity index (χ4n) is 1.49. The maximum atomic E-state index is 5.23. The van der Waals surface area contributed by atoms with Gasteiger partial charge in [0.05, 0.1) is 4.47 Å². The van der Waals surface area contributed by atoms with Gasteiger partial charge in [-0.3, -0.25) is 0 Å². The molecule has 0 aliphatic heterocycles. The molecule has 0 saturated heterocycles. The van der Waals surface area contributed by atoms with E-state index in [0.29, 0.717) is 4.64 Å². The Morgan fingerprint density at radius 1 is 1.24 bits per heavy atom. The minimum Gasteiger partial charge on any atom is -0.342 e. The van der Waals surface area contributed by atoms with Gasteiger partial charge in [0.2, 0.25) is 0 Å². The molecule has 88 valence electrons. The van der Waals surface area contributed by atoms with Gasteiger partial charge in [0.15, 0.2) is 0 Å². The average molecular weight is 374 g/mol. The highest BCUT2D eigenvalue weighted by Gasteiger charge is 2.06. The summed E-state index contributed by atoms with van der Waals surface area (Å²) in [4.78, 5) is 7.68. The maximum Gasteiger partial charge on any atom is 0.144 e. The molecule has 1 aromatic carbocycles. The molecule has 17 heavy (non-hydrogen) atoms. The van der Waals surface area contributed by atoms with Crippen LogP contribution in [0.15, 0.2) is 33.2 Å². The molecule has 0 saturated carbocycles. The van der Waals surface area contributed by atoms with E-state index >= 15 is 0 Å². The van der Waals surface area contributed by atoms with Crippen LogP contribution in [0.25, 0.3) is 11.4 Å². The van der Waals surface area contributed by atoms with E-state index in [1.165, 1.54) is 0 Å². The Labute approximate surface area is 122 Å². The van der Waals surface area contributed by atoms with Gasteiger partial charge in [-0.05, 0) is 34.5 Å². The highest BCUT2D eigenvalue weighted by Crippen LogP contribution is 2.22. The summed E-state index contributed by atoms with van der Waals surface area (Å²) in [5.41, 5.74) is 2.10. The van der Waals surface area contributed by atoms with Crippen molar-refractivity contribution in [2.24, 2.45) is 0 Å². The van der Waals surface area contributed by atoms with Crippen molar-refractivity contribution in [1.29, 1.82) is 0 Å². The Morgan fingerprint density at radius 3 is 2.47 bits per heavy atom. The van der Waals surface area contributed by atoms with Crippen molar-refractivity contribution in [3.05, 3.63) is 43.5 Å². The summed E-state index contributed by atoms with van der Waals surface area (Å²) in [6, 6.07) is 7.99. The molecular formula is C12H10Br2N2S. The van der Waals surface area contributed by atoms with Gasteiger partial charge in [-0.15, -0.1) is 0 Å². The summed E-state index contributed by atoms with van der Waals surface area (Å²) in [5.74, 6) is 0.808. The summed E-state index contributed by atoms with van der Waals surface area (Å²) >= 11 is 12.1. The normalized spacial score (nSPS) is 10.5. The molecule has 0 aliphatic rings. The number of hydrogen-bond donors (Lipinski definition) is 1. The Morgan fingerprint density at radius 2 is 1.88 bits per heavy atom. The second-order valence-electron chi connectivity index (χ2n) is 3.54. The molecule has 0 bridgehead atoms. The van der Waals surface area contributed by atoms with Gasteiger partial charge >= 0.3 is 0 Å². The standard InChI is InChI=1S/C12H10Br2N2S/c1-2-9-10(14)12(17)16-11(15-9)7-3-5-8(13)6-4-7/h3-6H,2H2,1H3,(H,15,16,17). The van der Waals surface area contributed by atoms with E-state index in [4.69, 9.17) is 12.2 Å². The molecule has 1 N–H and O–H groups in total. The first-order valence-electron chi connectivity index (χ1n) is 5.16. The molecule has 0 atom stereocenters. The Kier molecular flexibility index (Phi) is 4.12. The average Bonchev–Trinajstić information content (AvgIpc) is 2.33. The third-order valence-electron chi connectivity index (χ3n) is 2.41. The topological polar surface area (TPSA) is 28.7 Å². The van der Waals surface area contributed by atoms with E-state index < -0.39 is 0 Å². The fourth-order valence-corrected chi connectivity index (χ4v) is 2.44. The molecule has 5 heteroatoms. The molecule has 0 unspecified atom stereocenters. The van der Waals surface area contributed by atoms with E-state index in [1.54, 1.807) is 0 Å². The molecule has 2 aromatic rings. The largest absolute Gasteiger partial charge is 0.342 e. The Balaban J connectivity index is 2.56. The van der Waals surface area contributed by atoms with E-state index in [2.05, 4.69) is 48.8 Å². The van der Waals surface area contributed by atoms with Crippen LogP contribution in [-0.4, -0.2) is 9.97 Å². The van der Waals surface area contributed by atoms with Gasteiger partial charge in [0.25, 0.3) is 0 Å². The smallest absolute Gasteiger partial charge is 0.144 e. The molecule has 2 rings (SSSR count). The van der Waals surface area contributed by atoms with Crippen LogP contribution < -0.4 is 0 Å². The second-order valence-corrected chi connectivity index (χ2v) is 5.64. The van der Waals surface area contributed by atoms with Crippen molar-refractivity contribution in [2.45, 2.75) is 13.3 Å². The molecule has 0 spiro atoms. The molecule has 0 aliphatic carbocycles. The lowest BCUT2D eigenvalue weighted by molar-refractivity contribution is 0.984. The molecule has 0 amide bonds. The summed E-state index contributed by atoms with van der Waals surface area (Å²) in [6.45, 7) is 2.08. The number of hydrogen-bond acceptors (Lipinski definition) is 2. The van der Waals surface area contributed by atoms with Crippen molar-refractivity contribution in [3.8, 4) is 11.4 Å². The predicted octanol–water partition coefficient (Wildman–Crippen LogP) is 4.89. The van der Waals surface area contributed by atoms with Gasteiger partial charge in [-0.25, -0.2) is 4.98 Å². The minimum absolute atomic E-state index is 0.596. The number of nitrogens with one attached hydrogen (secondary N) is 1. The zero-order valence-electron chi connectivity index (χ0n) is 9.13. The lowest BCUT2D eigenvalue weighted by atomic mass is 10.2. The zero-order valence-corrected chi connectivity index (χ0v) is 13.1. The van der Waals surface area contributed by atoms with Crippen LogP contribution in [0.4, 0.5) is 0 Å². The zero-order chi connectivity index (χ0) is 12.4. The molecular weight excluding hydrogens is 364 g/mol. The van der Waals surface area contributed by atoms with Crippen LogP contribution in [0.1, 0.15) is 12.6 Å². The number of rotatable bonds is 2. The number of aromatic nitrogens is 2. The molecule has 1 aromatic heterocycles. The first-order chi connectivity index (χ1) is 8.11. The first-order valence-corrected chi connectivity index (χ1v) is 7.16. The van der Waals surface area contributed by atoms with Crippen molar-refractivity contribution in [1.82, 2.24) is 9.97 Å². The number of aromatic amines is 1. The first kappa shape index (κ1) is 12.9. The van der Waals surface area contributed by atoms with E-state index in [-0.39, 0.29) is 0 Å². The van der Waals surface area contributed by atoms with Crippen LogP contribution in [0, 0.1) is 4.64 Å². The van der Waals surface area contributed by atoms with Crippen molar-refractivity contribution >= 4 is 44.1 Å². The molecule has 1 heterocycles. The summed E-state index contributed by atoms with van der Waals surface area (Å²) < 4.78 is 2.53.